The molecular formula is C19H36N6O2. The average molecular weight is 381 g/mol. The van der Waals surface area contributed by atoms with Crippen LogP contribution in [0, 0.1) is 0 Å². The zero-order chi connectivity index (χ0) is 19.8. The van der Waals surface area contributed by atoms with E-state index in [9.17, 15) is 9.59 Å². The molecule has 0 radical (unpaired) electrons. The van der Waals surface area contributed by atoms with Gasteiger partial charge in [-0.3, -0.25) is 14.5 Å². The van der Waals surface area contributed by atoms with Gasteiger partial charge in [0.2, 0.25) is 11.8 Å². The highest BCUT2D eigenvalue weighted by molar-refractivity contribution is 5.85. The van der Waals surface area contributed by atoms with Gasteiger partial charge in [0.05, 0.1) is 6.04 Å². The molecule has 154 valence electrons. The van der Waals surface area contributed by atoms with Gasteiger partial charge in [-0.2, -0.15) is 0 Å². The standard InChI is InChI=1S/C19H36N6O2/c1-5-8-20-19(21-15-17(26)22(3)4)25-13-11-23(12-14-25)16(2)18(27)24-9-6-7-10-24/h16H,5-15H2,1-4H3,(H,20,21). The quantitative estimate of drug-likeness (QED) is 0.521. The van der Waals surface area contributed by atoms with Gasteiger partial charge in [-0.1, -0.05) is 6.92 Å². The number of likely N-dealkylation sites (N-methyl/N-ethyl adjacent to an activating group) is 1. The molecule has 2 aliphatic rings. The number of carbonyl (C=O) groups excluding carboxylic acids is 2. The van der Waals surface area contributed by atoms with Crippen LogP contribution < -0.4 is 5.32 Å². The Bertz CT molecular complexity index is 522. The van der Waals surface area contributed by atoms with E-state index >= 15 is 0 Å². The van der Waals surface area contributed by atoms with Crippen LogP contribution in [0.15, 0.2) is 4.99 Å². The van der Waals surface area contributed by atoms with Crippen LogP contribution in [0.4, 0.5) is 0 Å². The Morgan fingerprint density at radius 3 is 2.22 bits per heavy atom. The SMILES string of the molecule is CCCNC(=NCC(=O)N(C)C)N1CCN(C(C)C(=O)N2CCCC2)CC1. The minimum absolute atomic E-state index is 0.00531. The summed E-state index contributed by atoms with van der Waals surface area (Å²) < 4.78 is 0. The Balaban J connectivity index is 1.90. The average Bonchev–Trinajstić information content (AvgIpc) is 3.21. The van der Waals surface area contributed by atoms with Gasteiger partial charge < -0.3 is 20.0 Å². The lowest BCUT2D eigenvalue weighted by molar-refractivity contribution is -0.135. The molecule has 0 bridgehead atoms. The molecule has 2 rings (SSSR count). The Hall–Kier alpha value is -1.83. The van der Waals surface area contributed by atoms with E-state index in [1.54, 1.807) is 19.0 Å². The maximum atomic E-state index is 12.6. The number of aliphatic imine (C=N–C) groups is 1. The zero-order valence-corrected chi connectivity index (χ0v) is 17.4. The number of likely N-dealkylation sites (tertiary alicyclic amines) is 1. The summed E-state index contributed by atoms with van der Waals surface area (Å²) in [5.74, 6) is 1.05. The molecule has 1 N–H and O–H groups in total. The number of amides is 2. The number of nitrogens with one attached hydrogen (secondary N) is 1. The van der Waals surface area contributed by atoms with Crippen LogP contribution in [0.25, 0.3) is 0 Å². The second-order valence-electron chi connectivity index (χ2n) is 7.59. The first kappa shape index (κ1) is 21.5. The van der Waals surface area contributed by atoms with Crippen molar-refractivity contribution in [2.75, 3.05) is 66.5 Å². The van der Waals surface area contributed by atoms with Crippen LogP contribution in [-0.4, -0.2) is 110 Å². The predicted molar refractivity (Wildman–Crippen MR) is 108 cm³/mol. The number of rotatable bonds is 6. The van der Waals surface area contributed by atoms with Crippen molar-refractivity contribution in [3.8, 4) is 0 Å². The van der Waals surface area contributed by atoms with E-state index in [0.29, 0.717) is 0 Å². The highest BCUT2D eigenvalue weighted by Gasteiger charge is 2.30. The van der Waals surface area contributed by atoms with Crippen LogP contribution in [0.2, 0.25) is 0 Å². The van der Waals surface area contributed by atoms with Gasteiger partial charge in [0.1, 0.15) is 6.54 Å². The molecule has 1 atom stereocenters. The molecule has 2 saturated heterocycles. The molecule has 0 aromatic carbocycles. The molecule has 1 unspecified atom stereocenters. The second kappa shape index (κ2) is 10.5. The maximum absolute atomic E-state index is 12.6. The van der Waals surface area contributed by atoms with Crippen molar-refractivity contribution in [3.05, 3.63) is 0 Å². The minimum Gasteiger partial charge on any atom is -0.356 e. The molecule has 0 aliphatic carbocycles. The van der Waals surface area contributed by atoms with Gasteiger partial charge in [0.25, 0.3) is 0 Å². The molecule has 27 heavy (non-hydrogen) atoms. The summed E-state index contributed by atoms with van der Waals surface area (Å²) in [5.41, 5.74) is 0. The van der Waals surface area contributed by atoms with Gasteiger partial charge >= 0.3 is 0 Å². The first-order valence-corrected chi connectivity index (χ1v) is 10.2. The molecule has 0 aromatic rings. The number of guanidine groups is 1. The highest BCUT2D eigenvalue weighted by atomic mass is 16.2. The van der Waals surface area contributed by atoms with E-state index in [2.05, 4.69) is 27.0 Å². The summed E-state index contributed by atoms with van der Waals surface area (Å²) in [6.07, 6.45) is 3.25. The molecule has 2 fully saturated rings. The Morgan fingerprint density at radius 2 is 1.67 bits per heavy atom. The molecule has 2 heterocycles. The van der Waals surface area contributed by atoms with Crippen molar-refractivity contribution in [3.63, 3.8) is 0 Å². The highest BCUT2D eigenvalue weighted by Crippen LogP contribution is 2.14. The van der Waals surface area contributed by atoms with Crippen molar-refractivity contribution in [1.82, 2.24) is 24.9 Å². The topological polar surface area (TPSA) is 71.5 Å². The molecule has 2 aliphatic heterocycles. The summed E-state index contributed by atoms with van der Waals surface area (Å²) in [6, 6.07) is -0.0652. The first-order chi connectivity index (χ1) is 12.9. The maximum Gasteiger partial charge on any atom is 0.243 e. The molecular weight excluding hydrogens is 344 g/mol. The summed E-state index contributed by atoms with van der Waals surface area (Å²) in [6.45, 7) is 10.2. The van der Waals surface area contributed by atoms with Gasteiger partial charge in [-0.15, -0.1) is 0 Å². The number of hydrogen-bond donors (Lipinski definition) is 1. The number of hydrogen-bond acceptors (Lipinski definition) is 4. The number of piperazine rings is 1. The number of nitrogens with zero attached hydrogens (tertiary/aromatic N) is 5. The first-order valence-electron chi connectivity index (χ1n) is 10.2. The van der Waals surface area contributed by atoms with E-state index < -0.39 is 0 Å². The monoisotopic (exact) mass is 380 g/mol. The lowest BCUT2D eigenvalue weighted by Gasteiger charge is -2.39. The lowest BCUT2D eigenvalue weighted by atomic mass is 10.2. The normalized spacial score (nSPS) is 19.9. The van der Waals surface area contributed by atoms with Crippen LogP contribution >= 0.6 is 0 Å². The fraction of sp³-hybridized carbons (Fsp3) is 0.842. The van der Waals surface area contributed by atoms with Crippen molar-refractivity contribution in [1.29, 1.82) is 0 Å². The van der Waals surface area contributed by atoms with Gasteiger partial charge in [-0.05, 0) is 26.2 Å². The molecule has 0 aromatic heterocycles. The van der Waals surface area contributed by atoms with Gasteiger partial charge in [0, 0.05) is 59.9 Å². The Labute approximate surface area is 163 Å². The molecule has 8 nitrogen and oxygen atoms in total. The van der Waals surface area contributed by atoms with E-state index in [-0.39, 0.29) is 24.4 Å². The van der Waals surface area contributed by atoms with Crippen molar-refractivity contribution in [2.24, 2.45) is 4.99 Å². The van der Waals surface area contributed by atoms with Crippen LogP contribution in [0.1, 0.15) is 33.1 Å². The summed E-state index contributed by atoms with van der Waals surface area (Å²) in [5, 5.41) is 3.36. The lowest BCUT2D eigenvalue weighted by Crippen LogP contribution is -2.57. The fourth-order valence-corrected chi connectivity index (χ4v) is 3.47. The van der Waals surface area contributed by atoms with E-state index in [1.807, 2.05) is 11.8 Å². The number of carbonyl (C=O) groups is 2. The molecule has 2 amide bonds. The van der Waals surface area contributed by atoms with Crippen LogP contribution in [0.5, 0.6) is 0 Å². The summed E-state index contributed by atoms with van der Waals surface area (Å²) in [7, 11) is 3.49. The smallest absolute Gasteiger partial charge is 0.243 e. The molecule has 0 spiro atoms. The van der Waals surface area contributed by atoms with Crippen molar-refractivity contribution >= 4 is 17.8 Å². The van der Waals surface area contributed by atoms with Gasteiger partial charge in [-0.25, -0.2) is 4.99 Å². The second-order valence-corrected chi connectivity index (χ2v) is 7.59. The van der Waals surface area contributed by atoms with Crippen molar-refractivity contribution in [2.45, 2.75) is 39.2 Å². The van der Waals surface area contributed by atoms with E-state index in [0.717, 1.165) is 71.0 Å². The van der Waals surface area contributed by atoms with E-state index in [1.165, 1.54) is 0 Å². The third-order valence-corrected chi connectivity index (χ3v) is 5.33. The molecule has 0 saturated carbocycles. The fourth-order valence-electron chi connectivity index (χ4n) is 3.47. The van der Waals surface area contributed by atoms with E-state index in [4.69, 9.17) is 0 Å². The Kier molecular flexibility index (Phi) is 8.34. The zero-order valence-electron chi connectivity index (χ0n) is 17.4. The Morgan fingerprint density at radius 1 is 1.04 bits per heavy atom. The summed E-state index contributed by atoms with van der Waals surface area (Å²) >= 11 is 0. The largest absolute Gasteiger partial charge is 0.356 e. The molecule has 8 heteroatoms. The van der Waals surface area contributed by atoms with Crippen molar-refractivity contribution < 1.29 is 9.59 Å². The summed E-state index contributed by atoms with van der Waals surface area (Å²) in [4.78, 5) is 37.0. The third kappa shape index (κ3) is 6.09. The van der Waals surface area contributed by atoms with Crippen LogP contribution in [0.3, 0.4) is 0 Å². The third-order valence-electron chi connectivity index (χ3n) is 5.33. The van der Waals surface area contributed by atoms with Gasteiger partial charge in [0.15, 0.2) is 5.96 Å². The van der Waals surface area contributed by atoms with Crippen LogP contribution in [-0.2, 0) is 9.59 Å². The predicted octanol–water partition coefficient (Wildman–Crippen LogP) is 0.0587. The minimum atomic E-state index is -0.0652.